The minimum atomic E-state index is -0.447. The minimum absolute atomic E-state index is 0.103. The van der Waals surface area contributed by atoms with Crippen molar-refractivity contribution >= 4 is 11.8 Å². The summed E-state index contributed by atoms with van der Waals surface area (Å²) in [5.41, 5.74) is 5.46. The molecule has 0 aromatic rings. The van der Waals surface area contributed by atoms with Gasteiger partial charge in [0.05, 0.1) is 6.04 Å². The summed E-state index contributed by atoms with van der Waals surface area (Å²) in [7, 11) is 0. The Morgan fingerprint density at radius 2 is 1.85 bits per heavy atom. The molecule has 13 heavy (non-hydrogen) atoms. The van der Waals surface area contributed by atoms with Crippen molar-refractivity contribution in [2.45, 2.75) is 26.3 Å². The maximum atomic E-state index is 11.1. The molecule has 0 aliphatic carbocycles. The molecule has 0 aromatic carbocycles. The van der Waals surface area contributed by atoms with Crippen LogP contribution in [-0.4, -0.2) is 30.9 Å². The average Bonchev–Trinajstić information content (AvgIpc) is 2.10. The van der Waals surface area contributed by atoms with Crippen LogP contribution in [0.4, 0.5) is 0 Å². The largest absolute Gasteiger partial charge is 0.355 e. The summed E-state index contributed by atoms with van der Waals surface area (Å²) in [5, 5.41) is 5.17. The molecule has 0 saturated heterocycles. The molecule has 0 aliphatic rings. The highest BCUT2D eigenvalue weighted by molar-refractivity contribution is 5.81. The first-order valence-corrected chi connectivity index (χ1v) is 4.35. The second-order valence-electron chi connectivity index (χ2n) is 2.79. The van der Waals surface area contributed by atoms with Gasteiger partial charge in [0, 0.05) is 20.0 Å². The van der Waals surface area contributed by atoms with Crippen LogP contribution in [0.5, 0.6) is 0 Å². The topological polar surface area (TPSA) is 84.2 Å². The highest BCUT2D eigenvalue weighted by atomic mass is 16.2. The van der Waals surface area contributed by atoms with Crippen molar-refractivity contribution in [3.63, 3.8) is 0 Å². The van der Waals surface area contributed by atoms with Crippen LogP contribution in [0.1, 0.15) is 20.3 Å². The molecule has 5 heteroatoms. The van der Waals surface area contributed by atoms with Crippen molar-refractivity contribution in [1.82, 2.24) is 10.6 Å². The summed E-state index contributed by atoms with van der Waals surface area (Å²) in [6.07, 6.45) is 0.617. The van der Waals surface area contributed by atoms with E-state index in [2.05, 4.69) is 10.6 Å². The summed E-state index contributed by atoms with van der Waals surface area (Å²) in [6, 6.07) is -0.447. The van der Waals surface area contributed by atoms with Gasteiger partial charge in [-0.2, -0.15) is 0 Å². The van der Waals surface area contributed by atoms with Gasteiger partial charge in [-0.3, -0.25) is 9.59 Å². The van der Waals surface area contributed by atoms with Gasteiger partial charge in [0.15, 0.2) is 0 Å². The monoisotopic (exact) mass is 187 g/mol. The lowest BCUT2D eigenvalue weighted by atomic mass is 10.2. The number of carbonyl (C=O) groups is 2. The zero-order valence-corrected chi connectivity index (χ0v) is 8.09. The van der Waals surface area contributed by atoms with E-state index >= 15 is 0 Å². The van der Waals surface area contributed by atoms with E-state index in [-0.39, 0.29) is 11.8 Å². The molecule has 0 fully saturated rings. The Labute approximate surface area is 78.1 Å². The molecule has 76 valence electrons. The number of hydrogen-bond donors (Lipinski definition) is 3. The number of amides is 2. The van der Waals surface area contributed by atoms with Crippen LogP contribution in [0, 0.1) is 0 Å². The third-order valence-corrected chi connectivity index (χ3v) is 1.57. The predicted octanol–water partition coefficient (Wildman–Crippen LogP) is -1.02. The van der Waals surface area contributed by atoms with E-state index in [1.54, 1.807) is 0 Å². The van der Waals surface area contributed by atoms with E-state index in [9.17, 15) is 9.59 Å². The molecule has 0 radical (unpaired) electrons. The zero-order chi connectivity index (χ0) is 10.3. The van der Waals surface area contributed by atoms with Crippen molar-refractivity contribution in [3.05, 3.63) is 0 Å². The van der Waals surface area contributed by atoms with Gasteiger partial charge < -0.3 is 16.4 Å². The summed E-state index contributed by atoms with van der Waals surface area (Å²) in [5.74, 6) is -0.276. The van der Waals surface area contributed by atoms with Crippen molar-refractivity contribution in [1.29, 1.82) is 0 Å². The second-order valence-corrected chi connectivity index (χ2v) is 2.79. The maximum Gasteiger partial charge on any atom is 0.236 e. The minimum Gasteiger partial charge on any atom is -0.355 e. The van der Waals surface area contributed by atoms with Gasteiger partial charge in [-0.25, -0.2) is 0 Å². The molecule has 0 bridgehead atoms. The van der Waals surface area contributed by atoms with Crippen LogP contribution < -0.4 is 16.4 Å². The van der Waals surface area contributed by atoms with Gasteiger partial charge in [0.25, 0.3) is 0 Å². The van der Waals surface area contributed by atoms with Crippen LogP contribution in [-0.2, 0) is 9.59 Å². The molecule has 2 amide bonds. The lowest BCUT2D eigenvalue weighted by Gasteiger charge is -2.09. The fraction of sp³-hybridized carbons (Fsp3) is 0.750. The van der Waals surface area contributed by atoms with E-state index in [1.165, 1.54) is 6.92 Å². The first kappa shape index (κ1) is 11.9. The van der Waals surface area contributed by atoms with E-state index in [0.717, 1.165) is 0 Å². The second kappa shape index (κ2) is 6.42. The van der Waals surface area contributed by atoms with E-state index in [1.807, 2.05) is 6.92 Å². The first-order valence-electron chi connectivity index (χ1n) is 4.35. The normalized spacial score (nSPS) is 11.9. The summed E-state index contributed by atoms with van der Waals surface area (Å²) in [4.78, 5) is 21.5. The van der Waals surface area contributed by atoms with Gasteiger partial charge in [-0.15, -0.1) is 0 Å². The van der Waals surface area contributed by atoms with Gasteiger partial charge >= 0.3 is 0 Å². The fourth-order valence-electron chi connectivity index (χ4n) is 0.741. The van der Waals surface area contributed by atoms with Gasteiger partial charge in [-0.05, 0) is 6.42 Å². The van der Waals surface area contributed by atoms with Gasteiger partial charge in [0.2, 0.25) is 11.8 Å². The van der Waals surface area contributed by atoms with Crippen molar-refractivity contribution in [3.8, 4) is 0 Å². The fourth-order valence-corrected chi connectivity index (χ4v) is 0.741. The van der Waals surface area contributed by atoms with E-state index < -0.39 is 6.04 Å². The first-order chi connectivity index (χ1) is 6.07. The van der Waals surface area contributed by atoms with Crippen LogP contribution in [0.15, 0.2) is 0 Å². The SMILES string of the molecule is CC[C@@H](N)C(=O)NCCNC(C)=O. The maximum absolute atomic E-state index is 11.1. The molecule has 0 saturated carbocycles. The third-order valence-electron chi connectivity index (χ3n) is 1.57. The number of nitrogens with one attached hydrogen (secondary N) is 2. The van der Waals surface area contributed by atoms with E-state index in [0.29, 0.717) is 19.5 Å². The molecule has 0 spiro atoms. The molecule has 5 nitrogen and oxygen atoms in total. The Bertz CT molecular complexity index is 182. The Hall–Kier alpha value is -1.10. The molecule has 1 atom stereocenters. The van der Waals surface area contributed by atoms with Crippen molar-refractivity contribution < 1.29 is 9.59 Å². The van der Waals surface area contributed by atoms with Crippen molar-refractivity contribution in [2.75, 3.05) is 13.1 Å². The highest BCUT2D eigenvalue weighted by Gasteiger charge is 2.08. The standard InChI is InChI=1S/C8H17N3O2/c1-3-7(9)8(13)11-5-4-10-6(2)12/h7H,3-5,9H2,1-2H3,(H,10,12)(H,11,13)/t7-/m1/s1. The predicted molar refractivity (Wildman–Crippen MR) is 50.0 cm³/mol. The highest BCUT2D eigenvalue weighted by Crippen LogP contribution is 1.84. The van der Waals surface area contributed by atoms with Crippen molar-refractivity contribution in [2.24, 2.45) is 5.73 Å². The molecule has 0 unspecified atom stereocenters. The zero-order valence-electron chi connectivity index (χ0n) is 8.09. The molecule has 0 aromatic heterocycles. The number of nitrogens with two attached hydrogens (primary N) is 1. The quantitative estimate of drug-likeness (QED) is 0.481. The number of hydrogen-bond acceptors (Lipinski definition) is 3. The molecule has 4 N–H and O–H groups in total. The molecular weight excluding hydrogens is 170 g/mol. The summed E-state index contributed by atoms with van der Waals surface area (Å²) in [6.45, 7) is 4.14. The molecule has 0 aliphatic heterocycles. The van der Waals surface area contributed by atoms with Crippen LogP contribution >= 0.6 is 0 Å². The lowest BCUT2D eigenvalue weighted by molar-refractivity contribution is -0.123. The molecular formula is C8H17N3O2. The Balaban J connectivity index is 3.42. The van der Waals surface area contributed by atoms with Crippen LogP contribution in [0.25, 0.3) is 0 Å². The number of rotatable bonds is 5. The Morgan fingerprint density at radius 3 is 2.31 bits per heavy atom. The van der Waals surface area contributed by atoms with Crippen LogP contribution in [0.3, 0.4) is 0 Å². The van der Waals surface area contributed by atoms with Gasteiger partial charge in [0.1, 0.15) is 0 Å². The average molecular weight is 187 g/mol. The molecule has 0 rings (SSSR count). The van der Waals surface area contributed by atoms with E-state index in [4.69, 9.17) is 5.73 Å². The number of carbonyl (C=O) groups excluding carboxylic acids is 2. The Kier molecular flexibility index (Phi) is 5.88. The van der Waals surface area contributed by atoms with Crippen LogP contribution in [0.2, 0.25) is 0 Å². The van der Waals surface area contributed by atoms with Gasteiger partial charge in [-0.1, -0.05) is 6.92 Å². The Morgan fingerprint density at radius 1 is 1.31 bits per heavy atom. The lowest BCUT2D eigenvalue weighted by Crippen LogP contribution is -2.42. The summed E-state index contributed by atoms with van der Waals surface area (Å²) >= 11 is 0. The smallest absolute Gasteiger partial charge is 0.236 e. The summed E-state index contributed by atoms with van der Waals surface area (Å²) < 4.78 is 0. The molecule has 0 heterocycles. The third kappa shape index (κ3) is 6.10.